The van der Waals surface area contributed by atoms with Gasteiger partial charge in [-0.25, -0.2) is 0 Å². The lowest BCUT2D eigenvalue weighted by atomic mass is 10.2. The molecule has 1 aliphatic carbocycles. The Morgan fingerprint density at radius 3 is 2.94 bits per heavy atom. The van der Waals surface area contributed by atoms with Crippen LogP contribution in [-0.4, -0.2) is 19.8 Å². The third-order valence-corrected chi connectivity index (χ3v) is 3.01. The maximum atomic E-state index is 5.76. The summed E-state index contributed by atoms with van der Waals surface area (Å²) in [5.41, 5.74) is 1.16. The van der Waals surface area contributed by atoms with Crippen molar-refractivity contribution in [3.63, 3.8) is 0 Å². The van der Waals surface area contributed by atoms with Gasteiger partial charge in [0.1, 0.15) is 11.5 Å². The van der Waals surface area contributed by atoms with Crippen molar-refractivity contribution in [2.45, 2.75) is 31.8 Å². The number of nitrogens with one attached hydrogen (secondary N) is 1. The van der Waals surface area contributed by atoms with Crippen molar-refractivity contribution in [1.29, 1.82) is 0 Å². The molecule has 0 spiro atoms. The van der Waals surface area contributed by atoms with Crippen molar-refractivity contribution in [1.82, 2.24) is 5.32 Å². The molecular weight excluding hydrogens is 226 g/mol. The molecule has 0 saturated heterocycles. The molecule has 1 aromatic rings. The van der Waals surface area contributed by atoms with E-state index in [1.807, 2.05) is 24.3 Å². The molecule has 0 aromatic heterocycles. The minimum absolute atomic E-state index is 0.673. The summed E-state index contributed by atoms with van der Waals surface area (Å²) in [5, 5.41) is 3.50. The Hall–Kier alpha value is -1.48. The second kappa shape index (κ2) is 6.45. The number of ether oxygens (including phenoxy) is 2. The fraction of sp³-hybridized carbons (Fsp3) is 0.467. The fourth-order valence-electron chi connectivity index (χ4n) is 1.76. The van der Waals surface area contributed by atoms with Crippen LogP contribution in [0.3, 0.4) is 0 Å². The van der Waals surface area contributed by atoms with Gasteiger partial charge in [-0.2, -0.15) is 0 Å². The second-order valence-corrected chi connectivity index (χ2v) is 4.55. The lowest BCUT2D eigenvalue weighted by Gasteiger charge is -2.13. The minimum atomic E-state index is 0.673. The Bertz CT molecular complexity index is 399. The molecular formula is C15H21NO2. The summed E-state index contributed by atoms with van der Waals surface area (Å²) >= 11 is 0. The van der Waals surface area contributed by atoms with Crippen molar-refractivity contribution in [3.8, 4) is 11.5 Å². The predicted octanol–water partition coefficient (Wildman–Crippen LogP) is 2.90. The monoisotopic (exact) mass is 247 g/mol. The zero-order valence-electron chi connectivity index (χ0n) is 10.9. The zero-order chi connectivity index (χ0) is 12.8. The largest absolute Gasteiger partial charge is 0.497 e. The van der Waals surface area contributed by atoms with E-state index >= 15 is 0 Å². The van der Waals surface area contributed by atoms with Crippen molar-refractivity contribution >= 4 is 0 Å². The third kappa shape index (κ3) is 3.77. The van der Waals surface area contributed by atoms with Crippen LogP contribution in [0.2, 0.25) is 0 Å². The second-order valence-electron chi connectivity index (χ2n) is 4.55. The van der Waals surface area contributed by atoms with Gasteiger partial charge in [0.15, 0.2) is 0 Å². The van der Waals surface area contributed by atoms with E-state index in [4.69, 9.17) is 9.47 Å². The first-order chi connectivity index (χ1) is 8.83. The molecule has 18 heavy (non-hydrogen) atoms. The summed E-state index contributed by atoms with van der Waals surface area (Å²) < 4.78 is 11.0. The van der Waals surface area contributed by atoms with E-state index in [1.165, 1.54) is 12.8 Å². The zero-order valence-corrected chi connectivity index (χ0v) is 10.9. The van der Waals surface area contributed by atoms with Gasteiger partial charge in [-0.15, -0.1) is 6.58 Å². The van der Waals surface area contributed by atoms with Gasteiger partial charge in [-0.1, -0.05) is 6.08 Å². The van der Waals surface area contributed by atoms with Gasteiger partial charge in [0.25, 0.3) is 0 Å². The van der Waals surface area contributed by atoms with Crippen LogP contribution >= 0.6 is 0 Å². The highest BCUT2D eigenvalue weighted by Gasteiger charge is 2.20. The normalized spacial score (nSPS) is 14.3. The lowest BCUT2D eigenvalue weighted by molar-refractivity contribution is 0.319. The lowest BCUT2D eigenvalue weighted by Crippen LogP contribution is -2.16. The molecule has 0 bridgehead atoms. The van der Waals surface area contributed by atoms with E-state index in [0.717, 1.165) is 30.0 Å². The van der Waals surface area contributed by atoms with Crippen molar-refractivity contribution in [2.24, 2.45) is 0 Å². The summed E-state index contributed by atoms with van der Waals surface area (Å²) in [7, 11) is 1.69. The number of benzene rings is 1. The molecule has 1 N–H and O–H groups in total. The Morgan fingerprint density at radius 1 is 1.44 bits per heavy atom. The van der Waals surface area contributed by atoms with E-state index in [-0.39, 0.29) is 0 Å². The van der Waals surface area contributed by atoms with Crippen LogP contribution in [-0.2, 0) is 6.54 Å². The number of rotatable bonds is 8. The molecule has 2 rings (SSSR count). The molecule has 1 aliphatic rings. The Balaban J connectivity index is 2.01. The van der Waals surface area contributed by atoms with Crippen LogP contribution in [0.15, 0.2) is 30.9 Å². The SMILES string of the molecule is C=CCCOc1ccc(OC)cc1CNC1CC1. The number of hydrogen-bond acceptors (Lipinski definition) is 3. The summed E-state index contributed by atoms with van der Waals surface area (Å²) in [5.74, 6) is 1.81. The van der Waals surface area contributed by atoms with Gasteiger partial charge >= 0.3 is 0 Å². The number of methoxy groups -OCH3 is 1. The number of hydrogen-bond donors (Lipinski definition) is 1. The first-order valence-corrected chi connectivity index (χ1v) is 6.47. The Morgan fingerprint density at radius 2 is 2.28 bits per heavy atom. The van der Waals surface area contributed by atoms with Crippen LogP contribution in [0, 0.1) is 0 Å². The molecule has 0 atom stereocenters. The fourth-order valence-corrected chi connectivity index (χ4v) is 1.76. The summed E-state index contributed by atoms with van der Waals surface area (Å²) in [6.45, 7) is 5.21. The highest BCUT2D eigenvalue weighted by Crippen LogP contribution is 2.26. The van der Waals surface area contributed by atoms with Crippen LogP contribution < -0.4 is 14.8 Å². The topological polar surface area (TPSA) is 30.5 Å². The van der Waals surface area contributed by atoms with Crippen LogP contribution in [0.5, 0.6) is 11.5 Å². The summed E-state index contributed by atoms with van der Waals surface area (Å²) in [6, 6.07) is 6.64. The standard InChI is InChI=1S/C15H21NO2/c1-3-4-9-18-15-8-7-14(17-2)10-12(15)11-16-13-5-6-13/h3,7-8,10,13,16H,1,4-6,9,11H2,2H3. The highest BCUT2D eigenvalue weighted by molar-refractivity contribution is 5.40. The molecule has 0 heterocycles. The molecule has 3 nitrogen and oxygen atoms in total. The van der Waals surface area contributed by atoms with Gasteiger partial charge < -0.3 is 14.8 Å². The average molecular weight is 247 g/mol. The Kier molecular flexibility index (Phi) is 4.65. The average Bonchev–Trinajstić information content (AvgIpc) is 3.21. The van der Waals surface area contributed by atoms with E-state index in [0.29, 0.717) is 12.6 Å². The molecule has 1 aromatic carbocycles. The molecule has 0 unspecified atom stereocenters. The molecule has 98 valence electrons. The maximum absolute atomic E-state index is 5.76. The predicted molar refractivity (Wildman–Crippen MR) is 73.2 cm³/mol. The molecule has 1 fully saturated rings. The van der Waals surface area contributed by atoms with Gasteiger partial charge in [-0.05, 0) is 37.5 Å². The maximum Gasteiger partial charge on any atom is 0.124 e. The molecule has 0 radical (unpaired) electrons. The molecule has 0 aliphatic heterocycles. The summed E-state index contributed by atoms with van der Waals surface area (Å²) in [6.07, 6.45) is 5.31. The van der Waals surface area contributed by atoms with E-state index < -0.39 is 0 Å². The first-order valence-electron chi connectivity index (χ1n) is 6.47. The smallest absolute Gasteiger partial charge is 0.124 e. The van der Waals surface area contributed by atoms with Crippen molar-refractivity contribution in [2.75, 3.05) is 13.7 Å². The molecule has 3 heteroatoms. The summed E-state index contributed by atoms with van der Waals surface area (Å²) in [4.78, 5) is 0. The molecule has 1 saturated carbocycles. The van der Waals surface area contributed by atoms with Gasteiger partial charge in [0.05, 0.1) is 13.7 Å². The van der Waals surface area contributed by atoms with Crippen molar-refractivity contribution in [3.05, 3.63) is 36.4 Å². The molecule has 0 amide bonds. The highest BCUT2D eigenvalue weighted by atomic mass is 16.5. The van der Waals surface area contributed by atoms with Gasteiger partial charge in [0, 0.05) is 18.2 Å². The van der Waals surface area contributed by atoms with E-state index in [9.17, 15) is 0 Å². The van der Waals surface area contributed by atoms with Crippen LogP contribution in [0.4, 0.5) is 0 Å². The first kappa shape index (κ1) is 13.0. The van der Waals surface area contributed by atoms with Crippen LogP contribution in [0.25, 0.3) is 0 Å². The van der Waals surface area contributed by atoms with E-state index in [1.54, 1.807) is 7.11 Å². The van der Waals surface area contributed by atoms with Crippen LogP contribution in [0.1, 0.15) is 24.8 Å². The van der Waals surface area contributed by atoms with Gasteiger partial charge in [-0.3, -0.25) is 0 Å². The third-order valence-electron chi connectivity index (χ3n) is 3.01. The Labute approximate surface area is 109 Å². The quantitative estimate of drug-likeness (QED) is 0.566. The van der Waals surface area contributed by atoms with Crippen molar-refractivity contribution < 1.29 is 9.47 Å². The van der Waals surface area contributed by atoms with Gasteiger partial charge in [0.2, 0.25) is 0 Å². The minimum Gasteiger partial charge on any atom is -0.497 e. The van der Waals surface area contributed by atoms with E-state index in [2.05, 4.69) is 11.9 Å².